The van der Waals surface area contributed by atoms with Crippen LogP contribution in [0.3, 0.4) is 0 Å². The number of morpholine rings is 1. The second-order valence-corrected chi connectivity index (χ2v) is 14.6. The van der Waals surface area contributed by atoms with Gasteiger partial charge >= 0.3 is 0 Å². The first-order chi connectivity index (χ1) is 18.7. The second-order valence-electron chi connectivity index (χ2n) is 14.6. The first-order valence-electron chi connectivity index (χ1n) is 16.0. The lowest BCUT2D eigenvalue weighted by Crippen LogP contribution is -2.58. The summed E-state index contributed by atoms with van der Waals surface area (Å²) in [4.78, 5) is 15.3. The van der Waals surface area contributed by atoms with Crippen LogP contribution in [0.25, 0.3) is 0 Å². The number of fused-ring (bicyclic) bond motifs is 5. The van der Waals surface area contributed by atoms with Gasteiger partial charge in [0.2, 0.25) is 5.91 Å². The van der Waals surface area contributed by atoms with Crippen LogP contribution in [0.2, 0.25) is 0 Å². The first-order valence-corrected chi connectivity index (χ1v) is 16.0. The average molecular weight is 538 g/mol. The molecule has 1 saturated heterocycles. The van der Waals surface area contributed by atoms with Crippen molar-refractivity contribution >= 4 is 5.91 Å². The minimum absolute atomic E-state index is 0.0261. The van der Waals surface area contributed by atoms with Crippen molar-refractivity contribution in [2.24, 2.45) is 46.3 Å². The van der Waals surface area contributed by atoms with Gasteiger partial charge in [0, 0.05) is 13.0 Å². The van der Waals surface area contributed by atoms with Crippen LogP contribution in [-0.4, -0.2) is 52.9 Å². The summed E-state index contributed by atoms with van der Waals surface area (Å²) in [5.41, 5.74) is 1.69. The lowest BCUT2D eigenvalue weighted by Gasteiger charge is -2.62. The zero-order valence-electron chi connectivity index (χ0n) is 24.4. The lowest BCUT2D eigenvalue weighted by atomic mass is 9.43. The monoisotopic (exact) mass is 537 g/mol. The van der Waals surface area contributed by atoms with E-state index in [1.807, 2.05) is 23.1 Å². The SMILES string of the molecule is CC(CCC(=O)N1CCOC(c2ccccc2)C1)C1CCC2C3C(O)CC4CC(O)CCC4(C)C3CCC12C. The van der Waals surface area contributed by atoms with Crippen LogP contribution in [-0.2, 0) is 9.53 Å². The van der Waals surface area contributed by atoms with Crippen molar-refractivity contribution in [3.63, 3.8) is 0 Å². The smallest absolute Gasteiger partial charge is 0.222 e. The van der Waals surface area contributed by atoms with Gasteiger partial charge in [-0.15, -0.1) is 0 Å². The lowest BCUT2D eigenvalue weighted by molar-refractivity contribution is -0.174. The van der Waals surface area contributed by atoms with Crippen LogP contribution in [0.5, 0.6) is 0 Å². The van der Waals surface area contributed by atoms with Gasteiger partial charge in [-0.3, -0.25) is 4.79 Å². The molecule has 5 fully saturated rings. The van der Waals surface area contributed by atoms with E-state index in [4.69, 9.17) is 4.74 Å². The van der Waals surface area contributed by atoms with E-state index in [2.05, 4.69) is 32.9 Å². The number of aliphatic hydroxyl groups is 2. The van der Waals surface area contributed by atoms with Crippen LogP contribution in [0.15, 0.2) is 30.3 Å². The average Bonchev–Trinajstić information content (AvgIpc) is 3.30. The summed E-state index contributed by atoms with van der Waals surface area (Å²) >= 11 is 0. The van der Waals surface area contributed by atoms with Gasteiger partial charge in [0.15, 0.2) is 0 Å². The summed E-state index contributed by atoms with van der Waals surface area (Å²) in [6.07, 6.45) is 9.87. The van der Waals surface area contributed by atoms with Crippen LogP contribution in [0.4, 0.5) is 0 Å². The Morgan fingerprint density at radius 2 is 1.77 bits per heavy atom. The molecule has 0 aromatic heterocycles. The number of hydrogen-bond acceptors (Lipinski definition) is 4. The number of ether oxygens (including phenoxy) is 1. The minimum Gasteiger partial charge on any atom is -0.393 e. The van der Waals surface area contributed by atoms with E-state index in [9.17, 15) is 15.0 Å². The highest BCUT2D eigenvalue weighted by Gasteiger charge is 2.62. The van der Waals surface area contributed by atoms with E-state index in [0.717, 1.165) is 37.7 Å². The third kappa shape index (κ3) is 4.89. The maximum absolute atomic E-state index is 13.3. The molecule has 5 heteroatoms. The number of hydrogen-bond donors (Lipinski definition) is 2. The molecule has 5 nitrogen and oxygen atoms in total. The van der Waals surface area contributed by atoms with Crippen molar-refractivity contribution in [3.8, 4) is 0 Å². The van der Waals surface area contributed by atoms with Crippen molar-refractivity contribution in [2.45, 2.75) is 103 Å². The summed E-state index contributed by atoms with van der Waals surface area (Å²) in [6.45, 7) is 9.36. The van der Waals surface area contributed by atoms with Crippen molar-refractivity contribution in [1.29, 1.82) is 0 Å². The van der Waals surface area contributed by atoms with Gasteiger partial charge in [-0.25, -0.2) is 0 Å². The summed E-state index contributed by atoms with van der Waals surface area (Å²) in [6, 6.07) is 10.3. The van der Waals surface area contributed by atoms with Gasteiger partial charge in [0.25, 0.3) is 0 Å². The number of benzene rings is 1. The topological polar surface area (TPSA) is 70.0 Å². The van der Waals surface area contributed by atoms with Crippen molar-refractivity contribution < 1.29 is 19.7 Å². The van der Waals surface area contributed by atoms with E-state index in [1.54, 1.807) is 0 Å². The van der Waals surface area contributed by atoms with Gasteiger partial charge in [0.05, 0.1) is 25.4 Å². The molecule has 0 bridgehead atoms. The first kappa shape index (κ1) is 27.7. The number of carbonyl (C=O) groups excluding carboxylic acids is 1. The van der Waals surface area contributed by atoms with E-state index >= 15 is 0 Å². The van der Waals surface area contributed by atoms with Crippen molar-refractivity contribution in [2.75, 3.05) is 19.7 Å². The third-order valence-electron chi connectivity index (χ3n) is 12.8. The van der Waals surface area contributed by atoms with E-state index < -0.39 is 0 Å². The maximum atomic E-state index is 13.3. The fourth-order valence-electron chi connectivity index (χ4n) is 10.6. The van der Waals surface area contributed by atoms with Gasteiger partial charge in [0.1, 0.15) is 6.10 Å². The number of rotatable bonds is 5. The normalized spacial score (nSPS) is 44.7. The van der Waals surface area contributed by atoms with Crippen LogP contribution >= 0.6 is 0 Å². The summed E-state index contributed by atoms with van der Waals surface area (Å²) in [5.74, 6) is 3.46. The van der Waals surface area contributed by atoms with E-state index in [1.165, 1.54) is 25.7 Å². The van der Waals surface area contributed by atoms with Crippen LogP contribution in [0, 0.1) is 46.3 Å². The summed E-state index contributed by atoms with van der Waals surface area (Å²) in [7, 11) is 0. The van der Waals surface area contributed by atoms with E-state index in [-0.39, 0.29) is 35.0 Å². The van der Waals surface area contributed by atoms with Crippen LogP contribution in [0.1, 0.15) is 96.6 Å². The number of aliphatic hydroxyl groups excluding tert-OH is 2. The third-order valence-corrected chi connectivity index (χ3v) is 12.8. The molecular formula is C34H51NO4. The molecule has 1 aromatic carbocycles. The molecule has 11 atom stereocenters. The molecule has 39 heavy (non-hydrogen) atoms. The summed E-state index contributed by atoms with van der Waals surface area (Å²) < 4.78 is 5.99. The molecule has 0 radical (unpaired) electrons. The number of nitrogens with zero attached hydrogens (tertiary/aromatic N) is 1. The largest absolute Gasteiger partial charge is 0.393 e. The molecule has 2 N–H and O–H groups in total. The Morgan fingerprint density at radius 1 is 1.03 bits per heavy atom. The maximum Gasteiger partial charge on any atom is 0.222 e. The second kappa shape index (κ2) is 10.8. The predicted molar refractivity (Wildman–Crippen MR) is 153 cm³/mol. The molecule has 4 saturated carbocycles. The molecule has 216 valence electrons. The Bertz CT molecular complexity index is 1020. The van der Waals surface area contributed by atoms with Gasteiger partial charge in [-0.2, -0.15) is 0 Å². The fraction of sp³-hybridized carbons (Fsp3) is 0.794. The van der Waals surface area contributed by atoms with Gasteiger partial charge < -0.3 is 19.8 Å². The number of amides is 1. The molecule has 11 unspecified atom stereocenters. The molecule has 4 aliphatic carbocycles. The summed E-state index contributed by atoms with van der Waals surface area (Å²) in [5, 5.41) is 21.9. The molecule has 1 amide bonds. The predicted octanol–water partition coefficient (Wildman–Crippen LogP) is 5.99. The Kier molecular flexibility index (Phi) is 7.65. The minimum atomic E-state index is -0.225. The number of carbonyl (C=O) groups is 1. The molecule has 1 aromatic rings. The highest BCUT2D eigenvalue weighted by atomic mass is 16.5. The highest BCUT2D eigenvalue weighted by molar-refractivity contribution is 5.76. The Morgan fingerprint density at radius 3 is 2.56 bits per heavy atom. The molecule has 6 rings (SSSR count). The molecular weight excluding hydrogens is 486 g/mol. The fourth-order valence-corrected chi connectivity index (χ4v) is 10.6. The Labute approximate surface area is 235 Å². The zero-order chi connectivity index (χ0) is 27.4. The Balaban J connectivity index is 1.08. The molecule has 1 aliphatic heterocycles. The molecule has 1 heterocycles. The molecule has 0 spiro atoms. The highest BCUT2D eigenvalue weighted by Crippen LogP contribution is 2.68. The zero-order valence-corrected chi connectivity index (χ0v) is 24.4. The quantitative estimate of drug-likeness (QED) is 0.484. The van der Waals surface area contributed by atoms with Gasteiger partial charge in [-0.1, -0.05) is 51.1 Å². The Hall–Kier alpha value is -1.43. The van der Waals surface area contributed by atoms with E-state index in [0.29, 0.717) is 61.6 Å². The standard InChI is InChI=1S/C34H51NO4/c1-22(9-12-31(38)35-17-18-39-30(21-35)23-7-5-4-6-8-23)26-10-11-27-32-28(14-16-34(26,27)3)33(2)15-13-25(36)19-24(33)20-29(32)37/h4-8,22,24-30,32,36-37H,9-21H2,1-3H3. The molecule has 5 aliphatic rings. The van der Waals surface area contributed by atoms with Crippen molar-refractivity contribution in [1.82, 2.24) is 4.90 Å². The van der Waals surface area contributed by atoms with Crippen molar-refractivity contribution in [3.05, 3.63) is 35.9 Å². The van der Waals surface area contributed by atoms with Gasteiger partial charge in [-0.05, 0) is 110 Å². The van der Waals surface area contributed by atoms with Crippen LogP contribution < -0.4 is 0 Å².